The minimum atomic E-state index is -0.120. The monoisotopic (exact) mass is 318 g/mol. The van der Waals surface area contributed by atoms with Crippen LogP contribution in [-0.4, -0.2) is 12.1 Å². The summed E-state index contributed by atoms with van der Waals surface area (Å²) in [5.41, 5.74) is 0. The van der Waals surface area contributed by atoms with Crippen LogP contribution in [0.4, 0.5) is 4.79 Å². The van der Waals surface area contributed by atoms with Gasteiger partial charge in [0.15, 0.2) is 0 Å². The van der Waals surface area contributed by atoms with Crippen LogP contribution in [0.25, 0.3) is 6.08 Å². The summed E-state index contributed by atoms with van der Waals surface area (Å²) in [7, 11) is 0. The molecule has 0 radical (unpaired) electrons. The first kappa shape index (κ1) is 17.6. The normalized spacial score (nSPS) is 19.0. The first-order chi connectivity index (χ1) is 11.3. The standard InChI is InChI=1S/C19H30N2O2/c22-19(20-15-14-18-13-10-16-23-18)21-17-11-8-6-4-2-1-3-5-7-9-12-17/h10,13-17H,1-9,11-12H2,(H2,20,21,22)/b15-14-. The Morgan fingerprint density at radius 1 is 1.00 bits per heavy atom. The van der Waals surface area contributed by atoms with E-state index in [1.165, 1.54) is 57.8 Å². The quantitative estimate of drug-likeness (QED) is 0.802. The van der Waals surface area contributed by atoms with Crippen LogP contribution in [0.15, 0.2) is 29.0 Å². The third kappa shape index (κ3) is 7.91. The van der Waals surface area contributed by atoms with Gasteiger partial charge >= 0.3 is 6.03 Å². The second-order valence-corrected chi connectivity index (χ2v) is 6.42. The van der Waals surface area contributed by atoms with Crippen molar-refractivity contribution < 1.29 is 9.21 Å². The first-order valence-electron chi connectivity index (χ1n) is 9.12. The second-order valence-electron chi connectivity index (χ2n) is 6.42. The van der Waals surface area contributed by atoms with Gasteiger partial charge in [-0.1, -0.05) is 57.8 Å². The molecule has 4 nitrogen and oxygen atoms in total. The fourth-order valence-corrected chi connectivity index (χ4v) is 3.12. The van der Waals surface area contributed by atoms with Crippen molar-refractivity contribution >= 4 is 12.1 Å². The molecule has 0 spiro atoms. The average molecular weight is 318 g/mol. The molecule has 2 rings (SSSR count). The van der Waals surface area contributed by atoms with Crippen molar-refractivity contribution in [3.63, 3.8) is 0 Å². The molecule has 128 valence electrons. The van der Waals surface area contributed by atoms with Gasteiger partial charge in [0, 0.05) is 12.2 Å². The van der Waals surface area contributed by atoms with Gasteiger partial charge < -0.3 is 15.1 Å². The molecule has 1 saturated carbocycles. The minimum absolute atomic E-state index is 0.120. The summed E-state index contributed by atoms with van der Waals surface area (Å²) < 4.78 is 5.18. The lowest BCUT2D eigenvalue weighted by Crippen LogP contribution is -2.40. The van der Waals surface area contributed by atoms with E-state index >= 15 is 0 Å². The van der Waals surface area contributed by atoms with Crippen molar-refractivity contribution in [1.29, 1.82) is 0 Å². The highest BCUT2D eigenvalue weighted by Gasteiger charge is 2.11. The maximum atomic E-state index is 12.0. The Morgan fingerprint density at radius 3 is 2.17 bits per heavy atom. The van der Waals surface area contributed by atoms with Crippen LogP contribution in [0.3, 0.4) is 0 Å². The lowest BCUT2D eigenvalue weighted by atomic mass is 9.98. The number of hydrogen-bond acceptors (Lipinski definition) is 2. The SMILES string of the molecule is O=C(N/C=C\c1ccco1)NC1CCCCCCCCCCC1. The molecule has 2 N–H and O–H groups in total. The third-order valence-corrected chi connectivity index (χ3v) is 4.45. The highest BCUT2D eigenvalue weighted by Crippen LogP contribution is 2.16. The molecule has 1 aliphatic rings. The number of furan rings is 1. The molecule has 0 saturated heterocycles. The lowest BCUT2D eigenvalue weighted by Gasteiger charge is -2.19. The van der Waals surface area contributed by atoms with Gasteiger partial charge in [-0.25, -0.2) is 4.79 Å². The summed E-state index contributed by atoms with van der Waals surface area (Å²) in [6.07, 6.45) is 19.0. The molecule has 0 aliphatic heterocycles. The zero-order valence-electron chi connectivity index (χ0n) is 14.1. The van der Waals surface area contributed by atoms with E-state index in [1.807, 2.05) is 12.1 Å². The van der Waals surface area contributed by atoms with Crippen LogP contribution in [-0.2, 0) is 0 Å². The number of carbonyl (C=O) groups excluding carboxylic acids is 1. The van der Waals surface area contributed by atoms with E-state index in [0.29, 0.717) is 6.04 Å². The van der Waals surface area contributed by atoms with Crippen molar-refractivity contribution in [3.8, 4) is 0 Å². The fraction of sp³-hybridized carbons (Fsp3) is 0.632. The van der Waals surface area contributed by atoms with E-state index < -0.39 is 0 Å². The van der Waals surface area contributed by atoms with E-state index in [-0.39, 0.29) is 6.03 Å². The molecular weight excluding hydrogens is 288 g/mol. The molecule has 1 aromatic heterocycles. The smallest absolute Gasteiger partial charge is 0.318 e. The number of rotatable bonds is 3. The molecule has 1 aromatic rings. The molecule has 1 fully saturated rings. The Hall–Kier alpha value is -1.71. The number of hydrogen-bond donors (Lipinski definition) is 2. The van der Waals surface area contributed by atoms with Gasteiger partial charge in [0.1, 0.15) is 5.76 Å². The van der Waals surface area contributed by atoms with Gasteiger partial charge in [-0.3, -0.25) is 0 Å². The van der Waals surface area contributed by atoms with Crippen molar-refractivity contribution in [1.82, 2.24) is 10.6 Å². The van der Waals surface area contributed by atoms with Gasteiger partial charge in [0.2, 0.25) is 0 Å². The van der Waals surface area contributed by atoms with Crippen molar-refractivity contribution in [2.24, 2.45) is 0 Å². The molecule has 0 bridgehead atoms. The summed E-state index contributed by atoms with van der Waals surface area (Å²) in [6.45, 7) is 0. The zero-order valence-corrected chi connectivity index (χ0v) is 14.1. The first-order valence-corrected chi connectivity index (χ1v) is 9.12. The van der Waals surface area contributed by atoms with E-state index in [2.05, 4.69) is 10.6 Å². The minimum Gasteiger partial charge on any atom is -0.465 e. The van der Waals surface area contributed by atoms with E-state index in [0.717, 1.165) is 18.6 Å². The molecule has 1 aliphatic carbocycles. The van der Waals surface area contributed by atoms with Gasteiger partial charge in [-0.05, 0) is 31.1 Å². The largest absolute Gasteiger partial charge is 0.465 e. The number of urea groups is 1. The van der Waals surface area contributed by atoms with E-state index in [4.69, 9.17) is 4.42 Å². The van der Waals surface area contributed by atoms with Gasteiger partial charge in [0.25, 0.3) is 0 Å². The maximum Gasteiger partial charge on any atom is 0.318 e. The highest BCUT2D eigenvalue weighted by atomic mass is 16.3. The molecule has 0 aromatic carbocycles. The van der Waals surface area contributed by atoms with Crippen LogP contribution in [0.5, 0.6) is 0 Å². The number of nitrogens with one attached hydrogen (secondary N) is 2. The van der Waals surface area contributed by atoms with Crippen molar-refractivity contribution in [2.75, 3.05) is 0 Å². The van der Waals surface area contributed by atoms with Crippen molar-refractivity contribution in [2.45, 2.75) is 76.7 Å². The Morgan fingerprint density at radius 2 is 1.61 bits per heavy atom. The van der Waals surface area contributed by atoms with Gasteiger partial charge in [-0.2, -0.15) is 0 Å². The van der Waals surface area contributed by atoms with E-state index in [1.54, 1.807) is 18.5 Å². The predicted molar refractivity (Wildman–Crippen MR) is 94.0 cm³/mol. The van der Waals surface area contributed by atoms with Crippen LogP contribution in [0, 0.1) is 0 Å². The Balaban J connectivity index is 1.71. The highest BCUT2D eigenvalue weighted by molar-refractivity contribution is 5.76. The van der Waals surface area contributed by atoms with Crippen LogP contribution < -0.4 is 10.6 Å². The molecule has 1 heterocycles. The summed E-state index contributed by atoms with van der Waals surface area (Å²) in [5, 5.41) is 5.88. The zero-order chi connectivity index (χ0) is 16.2. The number of carbonyl (C=O) groups is 1. The van der Waals surface area contributed by atoms with Gasteiger partial charge in [0.05, 0.1) is 6.26 Å². The Labute approximate surface area is 139 Å². The van der Waals surface area contributed by atoms with Crippen LogP contribution >= 0.6 is 0 Å². The molecule has 0 unspecified atom stereocenters. The number of amides is 2. The lowest BCUT2D eigenvalue weighted by molar-refractivity contribution is 0.238. The molecule has 2 amide bonds. The van der Waals surface area contributed by atoms with E-state index in [9.17, 15) is 4.79 Å². The van der Waals surface area contributed by atoms with Crippen molar-refractivity contribution in [3.05, 3.63) is 30.4 Å². The molecule has 4 heteroatoms. The maximum absolute atomic E-state index is 12.0. The Kier molecular flexibility index (Phi) is 8.38. The van der Waals surface area contributed by atoms with Crippen LogP contribution in [0.2, 0.25) is 0 Å². The summed E-state index contributed by atoms with van der Waals surface area (Å²) in [5.74, 6) is 0.733. The molecular formula is C19H30N2O2. The Bertz CT molecular complexity index is 442. The summed E-state index contributed by atoms with van der Waals surface area (Å²) in [4.78, 5) is 12.0. The average Bonchev–Trinajstić information content (AvgIpc) is 3.03. The summed E-state index contributed by atoms with van der Waals surface area (Å²) >= 11 is 0. The molecule has 23 heavy (non-hydrogen) atoms. The third-order valence-electron chi connectivity index (χ3n) is 4.45. The van der Waals surface area contributed by atoms with Gasteiger partial charge in [-0.15, -0.1) is 0 Å². The topological polar surface area (TPSA) is 54.3 Å². The second kappa shape index (κ2) is 10.9. The predicted octanol–water partition coefficient (Wildman–Crippen LogP) is 5.22. The fourth-order valence-electron chi connectivity index (χ4n) is 3.12. The summed E-state index contributed by atoms with van der Waals surface area (Å²) in [6, 6.07) is 3.85. The van der Waals surface area contributed by atoms with Crippen LogP contribution in [0.1, 0.15) is 76.4 Å². The molecule has 0 atom stereocenters.